The van der Waals surface area contributed by atoms with Crippen LogP contribution in [0.4, 0.5) is 0 Å². The van der Waals surface area contributed by atoms with Crippen LogP contribution < -0.4 is 5.32 Å². The van der Waals surface area contributed by atoms with Crippen molar-refractivity contribution < 1.29 is 4.74 Å². The molecule has 4 heteroatoms. The second kappa shape index (κ2) is 4.57. The maximum Gasteiger partial charge on any atom is 0.0619 e. The van der Waals surface area contributed by atoms with E-state index in [0.29, 0.717) is 6.04 Å². The number of hydrogen-bond donors (Lipinski definition) is 2. The molecule has 1 aliphatic heterocycles. The number of nitrogens with zero attached hydrogens (tertiary/aromatic N) is 1. The molecule has 0 aromatic carbocycles. The fourth-order valence-electron chi connectivity index (χ4n) is 1.71. The van der Waals surface area contributed by atoms with E-state index in [9.17, 15) is 0 Å². The Morgan fingerprint density at radius 2 is 2.64 bits per heavy atom. The summed E-state index contributed by atoms with van der Waals surface area (Å²) in [5, 5.41) is 10.4. The van der Waals surface area contributed by atoms with Gasteiger partial charge >= 0.3 is 0 Å². The zero-order chi connectivity index (χ0) is 9.80. The van der Waals surface area contributed by atoms with Crippen LogP contribution in [0.3, 0.4) is 0 Å². The molecule has 1 saturated heterocycles. The Kier molecular flexibility index (Phi) is 3.16. The van der Waals surface area contributed by atoms with Gasteiger partial charge in [0.05, 0.1) is 12.8 Å². The molecule has 1 aromatic rings. The van der Waals surface area contributed by atoms with Crippen molar-refractivity contribution >= 4 is 0 Å². The van der Waals surface area contributed by atoms with E-state index in [0.717, 1.165) is 25.5 Å². The zero-order valence-corrected chi connectivity index (χ0v) is 8.55. The van der Waals surface area contributed by atoms with E-state index in [1.165, 1.54) is 18.4 Å². The van der Waals surface area contributed by atoms with Gasteiger partial charge in [0.15, 0.2) is 0 Å². The average molecular weight is 195 g/mol. The molecule has 2 heterocycles. The quantitative estimate of drug-likeness (QED) is 0.756. The van der Waals surface area contributed by atoms with Gasteiger partial charge in [-0.1, -0.05) is 0 Å². The van der Waals surface area contributed by atoms with Gasteiger partial charge in [0.2, 0.25) is 0 Å². The molecule has 0 aliphatic carbocycles. The lowest BCUT2D eigenvalue weighted by Crippen LogP contribution is -2.36. The molecule has 1 fully saturated rings. The Balaban J connectivity index is 1.79. The molecule has 2 rings (SSSR count). The molecule has 14 heavy (non-hydrogen) atoms. The summed E-state index contributed by atoms with van der Waals surface area (Å²) >= 11 is 0. The molecule has 1 aliphatic rings. The summed E-state index contributed by atoms with van der Waals surface area (Å²) in [6, 6.07) is 0.512. The van der Waals surface area contributed by atoms with E-state index in [1.54, 1.807) is 0 Å². The van der Waals surface area contributed by atoms with Crippen LogP contribution >= 0.6 is 0 Å². The van der Waals surface area contributed by atoms with Crippen LogP contribution in [-0.2, 0) is 11.3 Å². The summed E-state index contributed by atoms with van der Waals surface area (Å²) < 4.78 is 5.40. The number of nitrogens with one attached hydrogen (secondary N) is 2. The lowest BCUT2D eigenvalue weighted by Gasteiger charge is -2.23. The standard InChI is InChI=1S/C10H17N3O/c1-8-9(6-12-13-8)5-11-10-3-2-4-14-7-10/h6,10-11H,2-5,7H2,1H3,(H,12,13)/t10-/m1/s1. The lowest BCUT2D eigenvalue weighted by molar-refractivity contribution is 0.0699. The molecule has 0 saturated carbocycles. The van der Waals surface area contributed by atoms with Gasteiger partial charge in [0.1, 0.15) is 0 Å². The smallest absolute Gasteiger partial charge is 0.0619 e. The SMILES string of the molecule is Cc1[nH]ncc1CN[C@@H]1CCCOC1. The Morgan fingerprint density at radius 3 is 3.29 bits per heavy atom. The summed E-state index contributed by atoms with van der Waals surface area (Å²) in [5.41, 5.74) is 2.39. The van der Waals surface area contributed by atoms with Crippen LogP contribution in [0, 0.1) is 6.92 Å². The van der Waals surface area contributed by atoms with Gasteiger partial charge in [0, 0.05) is 30.5 Å². The minimum absolute atomic E-state index is 0.512. The summed E-state index contributed by atoms with van der Waals surface area (Å²) in [7, 11) is 0. The maximum absolute atomic E-state index is 5.40. The minimum Gasteiger partial charge on any atom is -0.380 e. The van der Waals surface area contributed by atoms with E-state index in [2.05, 4.69) is 15.5 Å². The van der Waals surface area contributed by atoms with Crippen molar-refractivity contribution in [3.8, 4) is 0 Å². The second-order valence-corrected chi connectivity index (χ2v) is 3.82. The highest BCUT2D eigenvalue weighted by molar-refractivity contribution is 5.13. The van der Waals surface area contributed by atoms with Crippen molar-refractivity contribution in [2.75, 3.05) is 13.2 Å². The molecular weight excluding hydrogens is 178 g/mol. The third kappa shape index (κ3) is 2.33. The van der Waals surface area contributed by atoms with Crippen LogP contribution in [-0.4, -0.2) is 29.5 Å². The first-order valence-electron chi connectivity index (χ1n) is 5.16. The van der Waals surface area contributed by atoms with Crippen molar-refractivity contribution in [1.29, 1.82) is 0 Å². The first-order valence-corrected chi connectivity index (χ1v) is 5.16. The van der Waals surface area contributed by atoms with Crippen molar-refractivity contribution in [1.82, 2.24) is 15.5 Å². The van der Waals surface area contributed by atoms with Gasteiger partial charge < -0.3 is 10.1 Å². The van der Waals surface area contributed by atoms with Crippen molar-refractivity contribution in [2.45, 2.75) is 32.4 Å². The predicted octanol–water partition coefficient (Wildman–Crippen LogP) is 0.987. The first-order chi connectivity index (χ1) is 6.86. The minimum atomic E-state index is 0.512. The van der Waals surface area contributed by atoms with Crippen molar-refractivity contribution in [3.63, 3.8) is 0 Å². The van der Waals surface area contributed by atoms with Crippen molar-refractivity contribution in [2.24, 2.45) is 0 Å². The highest BCUT2D eigenvalue weighted by Gasteiger charge is 2.13. The first kappa shape index (κ1) is 9.68. The average Bonchev–Trinajstić information content (AvgIpc) is 2.63. The fourth-order valence-corrected chi connectivity index (χ4v) is 1.71. The lowest BCUT2D eigenvalue weighted by atomic mass is 10.1. The fraction of sp³-hybridized carbons (Fsp3) is 0.700. The largest absolute Gasteiger partial charge is 0.380 e. The molecule has 0 radical (unpaired) electrons. The molecule has 1 aromatic heterocycles. The monoisotopic (exact) mass is 195 g/mol. The Bertz CT molecular complexity index is 279. The van der Waals surface area contributed by atoms with Crippen LogP contribution in [0.2, 0.25) is 0 Å². The van der Waals surface area contributed by atoms with E-state index < -0.39 is 0 Å². The normalized spacial score (nSPS) is 22.5. The highest BCUT2D eigenvalue weighted by atomic mass is 16.5. The number of ether oxygens (including phenoxy) is 1. The molecule has 0 unspecified atom stereocenters. The van der Waals surface area contributed by atoms with E-state index in [4.69, 9.17) is 4.74 Å². The third-order valence-electron chi connectivity index (χ3n) is 2.68. The van der Waals surface area contributed by atoms with Gasteiger partial charge in [-0.2, -0.15) is 5.10 Å². The predicted molar refractivity (Wildman–Crippen MR) is 54.0 cm³/mol. The Morgan fingerprint density at radius 1 is 1.71 bits per heavy atom. The van der Waals surface area contributed by atoms with Crippen LogP contribution in [0.25, 0.3) is 0 Å². The highest BCUT2D eigenvalue weighted by Crippen LogP contribution is 2.08. The van der Waals surface area contributed by atoms with E-state index >= 15 is 0 Å². The second-order valence-electron chi connectivity index (χ2n) is 3.82. The van der Waals surface area contributed by atoms with E-state index in [1.807, 2.05) is 13.1 Å². The Hall–Kier alpha value is -0.870. The Labute approximate surface area is 84.0 Å². The van der Waals surface area contributed by atoms with Crippen LogP contribution in [0.15, 0.2) is 6.20 Å². The van der Waals surface area contributed by atoms with Crippen LogP contribution in [0.5, 0.6) is 0 Å². The van der Waals surface area contributed by atoms with Gasteiger partial charge in [-0.3, -0.25) is 5.10 Å². The maximum atomic E-state index is 5.40. The number of aromatic amines is 1. The molecule has 78 valence electrons. The van der Waals surface area contributed by atoms with E-state index in [-0.39, 0.29) is 0 Å². The summed E-state index contributed by atoms with van der Waals surface area (Å²) in [4.78, 5) is 0. The molecule has 2 N–H and O–H groups in total. The topological polar surface area (TPSA) is 49.9 Å². The third-order valence-corrected chi connectivity index (χ3v) is 2.68. The van der Waals surface area contributed by atoms with Gasteiger partial charge in [-0.25, -0.2) is 0 Å². The van der Waals surface area contributed by atoms with Gasteiger partial charge in [-0.15, -0.1) is 0 Å². The van der Waals surface area contributed by atoms with Crippen molar-refractivity contribution in [3.05, 3.63) is 17.5 Å². The molecule has 0 bridgehead atoms. The number of hydrogen-bond acceptors (Lipinski definition) is 3. The summed E-state index contributed by atoms with van der Waals surface area (Å²) in [5.74, 6) is 0. The number of aromatic nitrogens is 2. The number of aryl methyl sites for hydroxylation is 1. The molecule has 1 atom stereocenters. The molecule has 0 amide bonds. The van der Waals surface area contributed by atoms with Crippen LogP contribution in [0.1, 0.15) is 24.1 Å². The molecule has 4 nitrogen and oxygen atoms in total. The number of H-pyrrole nitrogens is 1. The molecule has 0 spiro atoms. The summed E-state index contributed by atoms with van der Waals surface area (Å²) in [6.07, 6.45) is 4.27. The van der Waals surface area contributed by atoms with Gasteiger partial charge in [-0.05, 0) is 19.8 Å². The summed E-state index contributed by atoms with van der Waals surface area (Å²) in [6.45, 7) is 4.69. The zero-order valence-electron chi connectivity index (χ0n) is 8.55. The number of rotatable bonds is 3. The molecular formula is C10H17N3O. The van der Waals surface area contributed by atoms with Gasteiger partial charge in [0.25, 0.3) is 0 Å².